The summed E-state index contributed by atoms with van der Waals surface area (Å²) in [5.41, 5.74) is 1.90. The first-order valence-electron chi connectivity index (χ1n) is 7.05. The number of aromatic nitrogens is 3. The Morgan fingerprint density at radius 3 is 2.57 bits per heavy atom. The van der Waals surface area contributed by atoms with Crippen molar-refractivity contribution < 1.29 is 0 Å². The molecule has 0 unspecified atom stereocenters. The summed E-state index contributed by atoms with van der Waals surface area (Å²) in [5.74, 6) is 2.06. The minimum atomic E-state index is 0.549. The number of nitrogens with zero attached hydrogens (tertiary/aromatic N) is 3. The van der Waals surface area contributed by atoms with Gasteiger partial charge in [-0.05, 0) is 50.8 Å². The summed E-state index contributed by atoms with van der Waals surface area (Å²) in [6.07, 6.45) is 6.78. The molecule has 1 fully saturated rings. The number of hydrogen-bond donors (Lipinski definition) is 1. The van der Waals surface area contributed by atoms with Crippen molar-refractivity contribution in [1.82, 2.24) is 15.0 Å². The quantitative estimate of drug-likeness (QED) is 0.790. The van der Waals surface area contributed by atoms with Crippen LogP contribution in [0, 0.1) is 0 Å². The van der Waals surface area contributed by atoms with Crippen LogP contribution in [0.25, 0.3) is 11.5 Å². The van der Waals surface area contributed by atoms with Crippen LogP contribution < -0.4 is 5.32 Å². The summed E-state index contributed by atoms with van der Waals surface area (Å²) in [6.45, 7) is 0. The maximum atomic E-state index is 4.77. The molecule has 1 aliphatic rings. The number of halogens is 2. The van der Waals surface area contributed by atoms with Gasteiger partial charge in [-0.15, -0.1) is 0 Å². The lowest BCUT2D eigenvalue weighted by atomic mass is 10.0. The summed E-state index contributed by atoms with van der Waals surface area (Å²) >= 11 is 6.97. The van der Waals surface area contributed by atoms with Crippen LogP contribution in [0.15, 0.2) is 27.3 Å². The number of nitrogens with one attached hydrogen (secondary N) is 1. The lowest BCUT2D eigenvalue weighted by Gasteiger charge is -2.12. The molecule has 0 bridgehead atoms. The molecule has 21 heavy (non-hydrogen) atoms. The molecule has 0 aliphatic heterocycles. The fraction of sp³-hybridized carbons (Fsp3) is 0.400. The Hall–Kier alpha value is -1.01. The minimum absolute atomic E-state index is 0.549. The molecule has 110 valence electrons. The van der Waals surface area contributed by atoms with Gasteiger partial charge in [-0.25, -0.2) is 9.97 Å². The summed E-state index contributed by atoms with van der Waals surface area (Å²) in [7, 11) is 1.88. The molecule has 0 radical (unpaired) electrons. The molecule has 1 N–H and O–H groups in total. The van der Waals surface area contributed by atoms with Gasteiger partial charge >= 0.3 is 0 Å². The first-order valence-corrected chi connectivity index (χ1v) is 8.64. The second-order valence-corrected chi connectivity index (χ2v) is 6.99. The van der Waals surface area contributed by atoms with Crippen molar-refractivity contribution in [2.45, 2.75) is 31.6 Å². The van der Waals surface area contributed by atoms with Crippen molar-refractivity contribution >= 4 is 37.7 Å². The average molecular weight is 412 g/mol. The lowest BCUT2D eigenvalue weighted by molar-refractivity contribution is 0.695. The normalized spacial score (nSPS) is 15.4. The predicted octanol–water partition coefficient (Wildman–Crippen LogP) is 4.76. The van der Waals surface area contributed by atoms with Crippen LogP contribution in [0.1, 0.15) is 37.3 Å². The van der Waals surface area contributed by atoms with E-state index >= 15 is 0 Å². The van der Waals surface area contributed by atoms with E-state index in [0.717, 1.165) is 26.2 Å². The van der Waals surface area contributed by atoms with E-state index in [1.165, 1.54) is 25.7 Å². The SMILES string of the molecule is CNc1cc(C2CCCC2)nc(-c2ncc(Br)cc2Br)n1. The number of rotatable bonds is 3. The molecule has 0 saturated heterocycles. The topological polar surface area (TPSA) is 50.7 Å². The third-order valence-electron chi connectivity index (χ3n) is 3.80. The molecule has 2 aromatic rings. The van der Waals surface area contributed by atoms with Crippen LogP contribution >= 0.6 is 31.9 Å². The van der Waals surface area contributed by atoms with Crippen molar-refractivity contribution in [2.24, 2.45) is 0 Å². The molecule has 2 heterocycles. The van der Waals surface area contributed by atoms with Crippen LogP contribution in [0.2, 0.25) is 0 Å². The molecule has 1 saturated carbocycles. The van der Waals surface area contributed by atoms with Gasteiger partial charge in [0, 0.05) is 39.9 Å². The largest absolute Gasteiger partial charge is 0.373 e. The van der Waals surface area contributed by atoms with Gasteiger partial charge in [-0.3, -0.25) is 4.98 Å². The van der Waals surface area contributed by atoms with Crippen molar-refractivity contribution in [3.63, 3.8) is 0 Å². The predicted molar refractivity (Wildman–Crippen MR) is 91.4 cm³/mol. The highest BCUT2D eigenvalue weighted by Crippen LogP contribution is 2.35. The second-order valence-electron chi connectivity index (χ2n) is 5.22. The van der Waals surface area contributed by atoms with Crippen LogP contribution in [-0.2, 0) is 0 Å². The van der Waals surface area contributed by atoms with Gasteiger partial charge in [0.2, 0.25) is 0 Å². The Balaban J connectivity index is 2.06. The van der Waals surface area contributed by atoms with Crippen LogP contribution in [0.5, 0.6) is 0 Å². The zero-order valence-corrected chi connectivity index (χ0v) is 14.9. The van der Waals surface area contributed by atoms with Gasteiger partial charge < -0.3 is 5.32 Å². The monoisotopic (exact) mass is 410 g/mol. The third kappa shape index (κ3) is 3.26. The molecule has 0 atom stereocenters. The zero-order chi connectivity index (χ0) is 14.8. The molecule has 2 aromatic heterocycles. The molecule has 6 heteroatoms. The number of hydrogen-bond acceptors (Lipinski definition) is 4. The molecular formula is C15H16Br2N4. The number of pyridine rings is 1. The highest BCUT2D eigenvalue weighted by atomic mass is 79.9. The van der Waals surface area contributed by atoms with E-state index in [-0.39, 0.29) is 0 Å². The van der Waals surface area contributed by atoms with E-state index in [2.05, 4.69) is 53.2 Å². The first kappa shape index (κ1) is 14.9. The summed E-state index contributed by atoms with van der Waals surface area (Å²) in [5, 5.41) is 3.13. The molecule has 4 nitrogen and oxygen atoms in total. The Bertz CT molecular complexity index is 654. The molecule has 3 rings (SSSR count). The fourth-order valence-electron chi connectivity index (χ4n) is 2.71. The summed E-state index contributed by atoms with van der Waals surface area (Å²) < 4.78 is 1.82. The summed E-state index contributed by atoms with van der Waals surface area (Å²) in [6, 6.07) is 4.03. The molecule has 0 aromatic carbocycles. The van der Waals surface area contributed by atoms with Crippen molar-refractivity contribution in [3.05, 3.63) is 33.0 Å². The second kappa shape index (κ2) is 6.40. The van der Waals surface area contributed by atoms with Gasteiger partial charge in [-0.2, -0.15) is 0 Å². The van der Waals surface area contributed by atoms with Crippen LogP contribution in [0.4, 0.5) is 5.82 Å². The minimum Gasteiger partial charge on any atom is -0.373 e. The van der Waals surface area contributed by atoms with Gasteiger partial charge in [0.05, 0.1) is 0 Å². The standard InChI is InChI=1S/C15H16Br2N4/c1-18-13-7-12(9-4-2-3-5-9)20-15(21-13)14-11(17)6-10(16)8-19-14/h6-9H,2-5H2,1H3,(H,18,20,21). The average Bonchev–Trinajstić information content (AvgIpc) is 3.01. The highest BCUT2D eigenvalue weighted by Gasteiger charge is 2.21. The Kier molecular flexibility index (Phi) is 4.54. The Labute approximate surface area is 141 Å². The molecule has 0 amide bonds. The van der Waals surface area contributed by atoms with Crippen LogP contribution in [0.3, 0.4) is 0 Å². The van der Waals surface area contributed by atoms with E-state index < -0.39 is 0 Å². The van der Waals surface area contributed by atoms with Gasteiger partial charge in [0.15, 0.2) is 5.82 Å². The van der Waals surface area contributed by atoms with E-state index in [9.17, 15) is 0 Å². The van der Waals surface area contributed by atoms with Crippen molar-refractivity contribution in [2.75, 3.05) is 12.4 Å². The lowest BCUT2D eigenvalue weighted by Crippen LogP contribution is -2.04. The fourth-order valence-corrected chi connectivity index (χ4v) is 3.87. The molecule has 0 spiro atoms. The van der Waals surface area contributed by atoms with Gasteiger partial charge in [-0.1, -0.05) is 12.8 Å². The molecular weight excluding hydrogens is 396 g/mol. The van der Waals surface area contributed by atoms with Crippen molar-refractivity contribution in [1.29, 1.82) is 0 Å². The Morgan fingerprint density at radius 1 is 1.14 bits per heavy atom. The van der Waals surface area contributed by atoms with E-state index in [1.807, 2.05) is 13.1 Å². The maximum absolute atomic E-state index is 4.77. The van der Waals surface area contributed by atoms with Crippen LogP contribution in [-0.4, -0.2) is 22.0 Å². The zero-order valence-electron chi connectivity index (χ0n) is 11.7. The number of anilines is 1. The summed E-state index contributed by atoms with van der Waals surface area (Å²) in [4.78, 5) is 13.8. The third-order valence-corrected chi connectivity index (χ3v) is 4.83. The van der Waals surface area contributed by atoms with E-state index in [1.54, 1.807) is 6.20 Å². The van der Waals surface area contributed by atoms with Gasteiger partial charge in [0.25, 0.3) is 0 Å². The van der Waals surface area contributed by atoms with Crippen molar-refractivity contribution in [3.8, 4) is 11.5 Å². The first-order chi connectivity index (χ1) is 10.2. The Morgan fingerprint density at radius 2 is 1.90 bits per heavy atom. The smallest absolute Gasteiger partial charge is 0.181 e. The van der Waals surface area contributed by atoms with Gasteiger partial charge in [0.1, 0.15) is 11.5 Å². The maximum Gasteiger partial charge on any atom is 0.181 e. The highest BCUT2D eigenvalue weighted by molar-refractivity contribution is 9.11. The molecule has 1 aliphatic carbocycles. The van der Waals surface area contributed by atoms with E-state index in [0.29, 0.717) is 11.7 Å². The van der Waals surface area contributed by atoms with E-state index in [4.69, 9.17) is 4.98 Å².